The number of phosphoric acid groups is 2. The summed E-state index contributed by atoms with van der Waals surface area (Å²) in [5.74, 6) is 11.9. The molecule has 0 spiro atoms. The van der Waals surface area contributed by atoms with E-state index < -0.39 is 103 Å². The minimum atomic E-state index is -5.76. The highest BCUT2D eigenvalue weighted by Crippen LogP contribution is 2.56. The molecule has 4 amide bonds. The van der Waals surface area contributed by atoms with Crippen molar-refractivity contribution in [2.24, 2.45) is 0 Å². The summed E-state index contributed by atoms with van der Waals surface area (Å²) in [6.45, 7) is 2.60. The quantitative estimate of drug-likeness (QED) is 0.0900. The Morgan fingerprint density at radius 2 is 1.12 bits per heavy atom. The number of aromatic nitrogens is 7. The third-order valence-corrected chi connectivity index (χ3v) is 14.0. The van der Waals surface area contributed by atoms with Gasteiger partial charge in [0, 0.05) is 30.4 Å². The Labute approximate surface area is 414 Å². The molecule has 6 aromatic rings. The van der Waals surface area contributed by atoms with Crippen LogP contribution in [0.2, 0.25) is 0 Å². The van der Waals surface area contributed by atoms with Crippen molar-refractivity contribution in [1.29, 1.82) is 0 Å². The summed E-state index contributed by atoms with van der Waals surface area (Å²) in [7, 11) is -11.5. The van der Waals surface area contributed by atoms with Crippen LogP contribution in [0.3, 0.4) is 0 Å². The normalized spacial score (nSPS) is 26.6. The average Bonchev–Trinajstić information content (AvgIpc) is 4.24. The number of nitrogens with one attached hydrogen (secondary N) is 4. The summed E-state index contributed by atoms with van der Waals surface area (Å²) in [5, 5.41) is 10.6. The number of hydrogen-bond donors (Lipinski definition) is 4. The molecule has 0 aliphatic carbocycles. The molecular weight excluding hydrogens is 997 g/mol. The molecule has 8 heterocycles. The maximum atomic E-state index is 13.3. The van der Waals surface area contributed by atoms with Gasteiger partial charge in [0.1, 0.15) is 48.5 Å². The molecule has 4 aliphatic rings. The number of hydrogen-bond acceptors (Lipinski definition) is 20. The summed E-state index contributed by atoms with van der Waals surface area (Å²) < 4.78 is 81.6. The highest BCUT2D eigenvalue weighted by Gasteiger charge is 2.55. The van der Waals surface area contributed by atoms with E-state index in [1.165, 1.54) is 34.3 Å². The first-order chi connectivity index (χ1) is 35.3. The van der Waals surface area contributed by atoms with Crippen molar-refractivity contribution in [2.75, 3.05) is 36.9 Å². The minimum absolute atomic E-state index is 0.0971. The number of anilines is 2. The number of benzene rings is 2. The molecule has 73 heavy (non-hydrogen) atoms. The fourth-order valence-electron chi connectivity index (χ4n) is 8.34. The number of imidazole rings is 2. The van der Waals surface area contributed by atoms with Crippen molar-refractivity contribution < 1.29 is 70.3 Å². The van der Waals surface area contributed by atoms with Gasteiger partial charge in [0.2, 0.25) is 12.6 Å². The third kappa shape index (κ3) is 11.1. The zero-order valence-corrected chi connectivity index (χ0v) is 40.2. The molecule has 12 atom stereocenters. The fourth-order valence-corrected chi connectivity index (χ4v) is 10.4. The number of carbonyl (C=O) groups excluding carboxylic acids is 2. The van der Waals surface area contributed by atoms with E-state index in [2.05, 4.69) is 74.2 Å². The van der Waals surface area contributed by atoms with Crippen LogP contribution >= 0.6 is 15.6 Å². The van der Waals surface area contributed by atoms with Gasteiger partial charge >= 0.3 is 12.1 Å². The lowest BCUT2D eigenvalue weighted by atomic mass is 10.1. The molecule has 0 radical (unpaired) electrons. The maximum absolute atomic E-state index is 13.3. The molecule has 4 saturated heterocycles. The van der Waals surface area contributed by atoms with Gasteiger partial charge in [0.05, 0.1) is 31.6 Å². The maximum Gasteiger partial charge on any atom is 0.320 e. The van der Waals surface area contributed by atoms with E-state index in [4.69, 9.17) is 37.5 Å². The van der Waals surface area contributed by atoms with Crippen molar-refractivity contribution in [1.82, 2.24) is 44.7 Å². The van der Waals surface area contributed by atoms with Crippen LogP contribution in [-0.4, -0.2) is 122 Å². The van der Waals surface area contributed by atoms with Gasteiger partial charge in [-0.1, -0.05) is 48.2 Å². The Hall–Kier alpha value is -6.71. The highest BCUT2D eigenvalue weighted by atomic mass is 31.3. The van der Waals surface area contributed by atoms with Crippen LogP contribution in [0.5, 0.6) is 0 Å². The van der Waals surface area contributed by atoms with Gasteiger partial charge in [-0.25, -0.2) is 38.8 Å². The van der Waals surface area contributed by atoms with Crippen molar-refractivity contribution in [3.05, 3.63) is 103 Å². The van der Waals surface area contributed by atoms with Gasteiger partial charge in [0.15, 0.2) is 35.1 Å². The van der Waals surface area contributed by atoms with E-state index in [9.17, 15) is 28.5 Å². The Bertz CT molecular complexity index is 3010. The Morgan fingerprint density at radius 3 is 1.66 bits per heavy atom. The molecule has 10 rings (SSSR count). The van der Waals surface area contributed by atoms with E-state index in [0.717, 1.165) is 0 Å². The average molecular weight is 1040 g/mol. The number of phosphoric ester groups is 2. The zero-order chi connectivity index (χ0) is 50.7. The number of amides is 4. The predicted octanol–water partition coefficient (Wildman–Crippen LogP) is 2.66. The van der Waals surface area contributed by atoms with E-state index in [0.29, 0.717) is 35.4 Å². The van der Waals surface area contributed by atoms with E-state index in [1.54, 1.807) is 44.2 Å². The molecule has 380 valence electrons. The zero-order valence-electron chi connectivity index (χ0n) is 38.4. The third-order valence-electron chi connectivity index (χ3n) is 11.4. The highest BCUT2D eigenvalue weighted by molar-refractivity contribution is 7.59. The van der Waals surface area contributed by atoms with Crippen molar-refractivity contribution in [3.8, 4) is 23.7 Å². The van der Waals surface area contributed by atoms with Gasteiger partial charge in [-0.3, -0.25) is 23.6 Å². The van der Waals surface area contributed by atoms with Crippen LogP contribution in [0.4, 0.5) is 21.1 Å². The predicted molar refractivity (Wildman–Crippen MR) is 248 cm³/mol. The Balaban J connectivity index is 0.835. The standard InChI is InChI=1S/C45H45N11O15P2/c1-3-46-44(57)53-28-19-20-48-40-33(28)51-24-55(40)42-37-35(67-31(69-37)17-15-26-11-7-5-8-12-26)29(65-42)21-63-72(59,60)71-73(61,62)64-22-30-36-38(70-32(68-36)18-16-27-13-9-6-10-14-27)43(66-30)56-25-52-34-39(49-23-50-41(34)56)54-45(58)47-4-2/h5-14,19-20,23-25,29-32,35-38,42-43H,3-4,21-22H2,1-2H3,(H,59,60)(H,61,62)(H2,46,48,53,57)(H2,47,49,50,54,58)/p-2/t29-,30-,31?,32?,35?,36?,37+,38?,42-,43-/m1/s1. The number of fused-ring (bicyclic) bond motifs is 4. The Morgan fingerprint density at radius 1 is 0.630 bits per heavy atom. The molecule has 0 saturated carbocycles. The monoisotopic (exact) mass is 1040 g/mol. The second-order valence-corrected chi connectivity index (χ2v) is 19.2. The molecule has 26 nitrogen and oxygen atoms in total. The number of nitrogens with zero attached hydrogens (tertiary/aromatic N) is 7. The SMILES string of the molecule is CCNC(=O)Nc1ncnc2c1ncn2[C@@H]1O[C@H](COP(=O)([O-])OP(=O)([O-])OC[C@H]2O[C@@H](n3cnc4c(NC(=O)NCC)ccnc43)[C@H]3OC(C#Cc4ccccc4)OC23)C2OC(C#Cc3ccccc3)OC21. The van der Waals surface area contributed by atoms with Crippen molar-refractivity contribution >= 4 is 61.5 Å². The summed E-state index contributed by atoms with van der Waals surface area (Å²) >= 11 is 0. The number of ether oxygens (including phenoxy) is 6. The van der Waals surface area contributed by atoms with Gasteiger partial charge in [-0.05, 0) is 56.0 Å². The molecule has 7 unspecified atom stereocenters. The summed E-state index contributed by atoms with van der Waals surface area (Å²) in [6.07, 6.45) is -5.42. The summed E-state index contributed by atoms with van der Waals surface area (Å²) in [6, 6.07) is 18.6. The van der Waals surface area contributed by atoms with E-state index in [1.807, 2.05) is 36.4 Å². The van der Waals surface area contributed by atoms with E-state index >= 15 is 0 Å². The lowest BCUT2D eigenvalue weighted by Crippen LogP contribution is -2.33. The number of carbonyl (C=O) groups is 2. The summed E-state index contributed by atoms with van der Waals surface area (Å²) in [4.78, 5) is 73.1. The molecular formula is C45H43N11O15P2-2. The smallest absolute Gasteiger partial charge is 0.320 e. The van der Waals surface area contributed by atoms with Crippen LogP contribution in [-0.2, 0) is 50.9 Å². The lowest BCUT2D eigenvalue weighted by Gasteiger charge is -2.32. The minimum Gasteiger partial charge on any atom is -0.756 e. The van der Waals surface area contributed by atoms with Gasteiger partial charge < -0.3 is 63.2 Å². The Kier molecular flexibility index (Phi) is 14.6. The van der Waals surface area contributed by atoms with Crippen LogP contribution in [0.15, 0.2) is 91.9 Å². The molecule has 4 fully saturated rings. The topological polar surface area (TPSA) is 320 Å². The van der Waals surface area contributed by atoms with Crippen LogP contribution in [0.25, 0.3) is 22.3 Å². The summed E-state index contributed by atoms with van der Waals surface area (Å²) in [5.41, 5.74) is 2.67. The van der Waals surface area contributed by atoms with Crippen molar-refractivity contribution in [3.63, 3.8) is 0 Å². The number of pyridine rings is 1. The van der Waals surface area contributed by atoms with Gasteiger partial charge in [0.25, 0.3) is 15.6 Å². The molecule has 2 aromatic carbocycles. The van der Waals surface area contributed by atoms with Crippen LogP contribution in [0.1, 0.15) is 37.4 Å². The van der Waals surface area contributed by atoms with Crippen LogP contribution in [0, 0.1) is 23.7 Å². The lowest BCUT2D eigenvalue weighted by molar-refractivity contribution is -0.247. The van der Waals surface area contributed by atoms with Gasteiger partial charge in [-0.2, -0.15) is 0 Å². The number of urea groups is 2. The van der Waals surface area contributed by atoms with Crippen molar-refractivity contribution in [2.45, 2.75) is 75.5 Å². The first-order valence-electron chi connectivity index (χ1n) is 22.6. The second-order valence-electron chi connectivity index (χ2n) is 16.2. The fraction of sp³-hybridized carbons (Fsp3) is 0.356. The first kappa shape index (κ1) is 49.9. The largest absolute Gasteiger partial charge is 0.756 e. The second kappa shape index (κ2) is 21.4. The molecule has 0 bridgehead atoms. The van der Waals surface area contributed by atoms with Crippen LogP contribution < -0.4 is 31.1 Å². The molecule has 4 N–H and O–H groups in total. The number of rotatable bonds is 14. The molecule has 28 heteroatoms. The van der Waals surface area contributed by atoms with E-state index in [-0.39, 0.29) is 22.6 Å². The first-order valence-corrected chi connectivity index (χ1v) is 25.5. The van der Waals surface area contributed by atoms with Gasteiger partial charge in [-0.15, -0.1) is 0 Å². The molecule has 4 aliphatic heterocycles. The molecule has 4 aromatic heterocycles.